The third kappa shape index (κ3) is 2.32. The van der Waals surface area contributed by atoms with E-state index in [9.17, 15) is 4.79 Å². The second-order valence-corrected chi connectivity index (χ2v) is 6.29. The van der Waals surface area contributed by atoms with Gasteiger partial charge in [-0.2, -0.15) is 0 Å². The van der Waals surface area contributed by atoms with Gasteiger partial charge in [0.05, 0.1) is 12.0 Å². The van der Waals surface area contributed by atoms with Gasteiger partial charge < -0.3 is 14.8 Å². The maximum atomic E-state index is 12.7. The maximum absolute atomic E-state index is 12.7. The van der Waals surface area contributed by atoms with Gasteiger partial charge in [-0.3, -0.25) is 4.79 Å². The van der Waals surface area contributed by atoms with Crippen LogP contribution in [0.25, 0.3) is 0 Å². The Morgan fingerprint density at radius 3 is 3.05 bits per heavy atom. The van der Waals surface area contributed by atoms with Gasteiger partial charge in [-0.15, -0.1) is 10.2 Å². The number of fused-ring (bicyclic) bond motifs is 1. The van der Waals surface area contributed by atoms with Crippen molar-refractivity contribution in [3.05, 3.63) is 11.6 Å². The number of nitrogens with one attached hydrogen (secondary N) is 1. The largest absolute Gasteiger partial charge is 0.338 e. The highest BCUT2D eigenvalue weighted by Crippen LogP contribution is 2.28. The molecule has 1 N–H and O–H groups in total. The standard InChI is InChI=1S/C14H23N5O/c1-14(6-4-7-15-10-14)13(20)18(2)9-12-17-16-11-5-3-8-19(11)12/h15H,3-10H2,1-2H3. The van der Waals surface area contributed by atoms with Crippen molar-refractivity contribution >= 4 is 5.91 Å². The summed E-state index contributed by atoms with van der Waals surface area (Å²) in [5.74, 6) is 2.19. The third-order valence-electron chi connectivity index (χ3n) is 4.52. The SMILES string of the molecule is CN(Cc1nnc2n1CCC2)C(=O)C1(C)CCCNC1. The zero-order chi connectivity index (χ0) is 14.2. The summed E-state index contributed by atoms with van der Waals surface area (Å²) in [6, 6.07) is 0. The average molecular weight is 277 g/mol. The van der Waals surface area contributed by atoms with E-state index < -0.39 is 0 Å². The third-order valence-corrected chi connectivity index (χ3v) is 4.52. The molecule has 3 heterocycles. The number of rotatable bonds is 3. The van der Waals surface area contributed by atoms with Gasteiger partial charge in [-0.1, -0.05) is 0 Å². The van der Waals surface area contributed by atoms with Gasteiger partial charge in [0.1, 0.15) is 5.82 Å². The first kappa shape index (κ1) is 13.5. The van der Waals surface area contributed by atoms with E-state index in [2.05, 4.69) is 27.0 Å². The van der Waals surface area contributed by atoms with Crippen LogP contribution in [0.1, 0.15) is 37.8 Å². The van der Waals surface area contributed by atoms with Crippen LogP contribution in [0.5, 0.6) is 0 Å². The van der Waals surface area contributed by atoms with Gasteiger partial charge in [0.2, 0.25) is 5.91 Å². The molecule has 1 aromatic heterocycles. The predicted molar refractivity (Wildman–Crippen MR) is 75.0 cm³/mol. The van der Waals surface area contributed by atoms with Crippen LogP contribution in [0.15, 0.2) is 0 Å². The molecule has 0 saturated carbocycles. The van der Waals surface area contributed by atoms with Gasteiger partial charge in [-0.05, 0) is 32.7 Å². The predicted octanol–water partition coefficient (Wildman–Crippen LogP) is 0.572. The van der Waals surface area contributed by atoms with E-state index in [-0.39, 0.29) is 11.3 Å². The molecule has 1 unspecified atom stereocenters. The molecule has 2 aliphatic heterocycles. The number of hydrogen-bond donors (Lipinski definition) is 1. The van der Waals surface area contributed by atoms with E-state index in [1.807, 2.05) is 11.9 Å². The summed E-state index contributed by atoms with van der Waals surface area (Å²) in [7, 11) is 1.87. The van der Waals surface area contributed by atoms with Gasteiger partial charge in [0.15, 0.2) is 5.82 Å². The summed E-state index contributed by atoms with van der Waals surface area (Å²) in [4.78, 5) is 14.5. The number of nitrogens with zero attached hydrogens (tertiary/aromatic N) is 4. The van der Waals surface area contributed by atoms with Crippen LogP contribution in [0.3, 0.4) is 0 Å². The number of carbonyl (C=O) groups excluding carboxylic acids is 1. The highest BCUT2D eigenvalue weighted by atomic mass is 16.2. The summed E-state index contributed by atoms with van der Waals surface area (Å²) in [5.41, 5.74) is -0.277. The van der Waals surface area contributed by atoms with E-state index in [0.29, 0.717) is 6.54 Å². The molecule has 0 bridgehead atoms. The Kier molecular flexibility index (Phi) is 3.50. The summed E-state index contributed by atoms with van der Waals surface area (Å²) in [5, 5.41) is 11.8. The topological polar surface area (TPSA) is 63.1 Å². The van der Waals surface area contributed by atoms with Crippen molar-refractivity contribution in [1.82, 2.24) is 25.0 Å². The first-order valence-corrected chi connectivity index (χ1v) is 7.47. The molecule has 1 atom stereocenters. The zero-order valence-corrected chi connectivity index (χ0v) is 12.4. The molecule has 1 aromatic rings. The Morgan fingerprint density at radius 2 is 2.30 bits per heavy atom. The van der Waals surface area contributed by atoms with Crippen LogP contribution in [0.4, 0.5) is 0 Å². The van der Waals surface area contributed by atoms with Crippen LogP contribution in [-0.2, 0) is 24.3 Å². The summed E-state index contributed by atoms with van der Waals surface area (Å²) < 4.78 is 2.16. The lowest BCUT2D eigenvalue weighted by atomic mass is 9.81. The minimum Gasteiger partial charge on any atom is -0.338 e. The smallest absolute Gasteiger partial charge is 0.229 e. The first-order valence-electron chi connectivity index (χ1n) is 7.47. The lowest BCUT2D eigenvalue weighted by Gasteiger charge is -2.35. The Hall–Kier alpha value is -1.43. The molecule has 0 aromatic carbocycles. The normalized spacial score (nSPS) is 25.5. The molecule has 2 aliphatic rings. The van der Waals surface area contributed by atoms with Crippen LogP contribution < -0.4 is 5.32 Å². The summed E-state index contributed by atoms with van der Waals surface area (Å²) in [6.45, 7) is 5.39. The Bertz CT molecular complexity index is 504. The molecule has 110 valence electrons. The van der Waals surface area contributed by atoms with E-state index >= 15 is 0 Å². The van der Waals surface area contributed by atoms with Crippen molar-refractivity contribution in [3.63, 3.8) is 0 Å². The van der Waals surface area contributed by atoms with Gasteiger partial charge in [0, 0.05) is 26.6 Å². The molecule has 6 heteroatoms. The molecular formula is C14H23N5O. The number of aryl methyl sites for hydroxylation is 1. The molecule has 1 saturated heterocycles. The van der Waals surface area contributed by atoms with Gasteiger partial charge in [-0.25, -0.2) is 0 Å². The maximum Gasteiger partial charge on any atom is 0.229 e. The van der Waals surface area contributed by atoms with Crippen molar-refractivity contribution < 1.29 is 4.79 Å². The Balaban J connectivity index is 1.69. The van der Waals surface area contributed by atoms with Crippen molar-refractivity contribution in [2.45, 2.75) is 45.7 Å². The first-order chi connectivity index (χ1) is 9.60. The second kappa shape index (κ2) is 5.16. The number of hydrogen-bond acceptors (Lipinski definition) is 4. The Morgan fingerprint density at radius 1 is 1.45 bits per heavy atom. The molecule has 3 rings (SSSR count). The van der Waals surface area contributed by atoms with Crippen LogP contribution in [0, 0.1) is 5.41 Å². The molecule has 0 spiro atoms. The van der Waals surface area contributed by atoms with Crippen LogP contribution >= 0.6 is 0 Å². The van der Waals surface area contributed by atoms with Crippen molar-refractivity contribution in [2.75, 3.05) is 20.1 Å². The highest BCUT2D eigenvalue weighted by molar-refractivity contribution is 5.82. The van der Waals surface area contributed by atoms with Gasteiger partial charge in [0.25, 0.3) is 0 Å². The van der Waals surface area contributed by atoms with Gasteiger partial charge >= 0.3 is 0 Å². The van der Waals surface area contributed by atoms with E-state index in [4.69, 9.17) is 0 Å². The summed E-state index contributed by atoms with van der Waals surface area (Å²) in [6.07, 6.45) is 4.17. The quantitative estimate of drug-likeness (QED) is 0.877. The lowest BCUT2D eigenvalue weighted by Crippen LogP contribution is -2.49. The second-order valence-electron chi connectivity index (χ2n) is 6.29. The monoisotopic (exact) mass is 277 g/mol. The molecule has 0 radical (unpaired) electrons. The van der Waals surface area contributed by atoms with E-state index in [1.54, 1.807) is 0 Å². The van der Waals surface area contributed by atoms with Crippen LogP contribution in [-0.4, -0.2) is 45.7 Å². The summed E-state index contributed by atoms with van der Waals surface area (Å²) >= 11 is 0. The fourth-order valence-corrected chi connectivity index (χ4v) is 3.31. The molecular weight excluding hydrogens is 254 g/mol. The molecule has 0 aliphatic carbocycles. The lowest BCUT2D eigenvalue weighted by molar-refractivity contribution is -0.141. The van der Waals surface area contributed by atoms with Crippen molar-refractivity contribution in [3.8, 4) is 0 Å². The number of aromatic nitrogens is 3. The highest BCUT2D eigenvalue weighted by Gasteiger charge is 2.37. The van der Waals surface area contributed by atoms with Crippen LogP contribution in [0.2, 0.25) is 0 Å². The fraction of sp³-hybridized carbons (Fsp3) is 0.786. The molecule has 6 nitrogen and oxygen atoms in total. The fourth-order valence-electron chi connectivity index (χ4n) is 3.31. The Labute approximate surface area is 119 Å². The molecule has 1 amide bonds. The average Bonchev–Trinajstić information content (AvgIpc) is 3.03. The molecule has 20 heavy (non-hydrogen) atoms. The van der Waals surface area contributed by atoms with E-state index in [1.165, 1.54) is 0 Å². The minimum atomic E-state index is -0.277. The number of piperidine rings is 1. The zero-order valence-electron chi connectivity index (χ0n) is 12.4. The van der Waals surface area contributed by atoms with E-state index in [0.717, 1.165) is 57.0 Å². The van der Waals surface area contributed by atoms with Crippen molar-refractivity contribution in [1.29, 1.82) is 0 Å². The van der Waals surface area contributed by atoms with Crippen molar-refractivity contribution in [2.24, 2.45) is 5.41 Å². The minimum absolute atomic E-state index is 0.208. The number of carbonyl (C=O) groups is 1. The molecule has 1 fully saturated rings. The number of amides is 1.